The first kappa shape index (κ1) is 21.1. The molecule has 2 aliphatic rings. The highest BCUT2D eigenvalue weighted by Gasteiger charge is 2.69. The predicted octanol–water partition coefficient (Wildman–Crippen LogP) is 2.90. The molecule has 2 aliphatic carbocycles. The second-order valence-corrected chi connectivity index (χ2v) is 9.48. The van der Waals surface area contributed by atoms with Crippen molar-refractivity contribution in [2.75, 3.05) is 0 Å². The average Bonchev–Trinajstić information content (AvgIpc) is 3.12. The van der Waals surface area contributed by atoms with E-state index in [4.69, 9.17) is 9.15 Å². The number of rotatable bonds is 4. The number of carbonyl (C=O) groups excluding carboxylic acids is 2. The standard InChI is InChI=1S/C22H32O6/c1-13-17(24)18(25)19-20(3,4)16(28-14(2)23)7-9-21(19,5)22(13,26)10-6-15-8-11-27-12-15/h8,11-13,16,18-19,25-26H,6-7,9-10H2,1-5H3/t13-,16-,18-,19+,21+,22-/m1/s1. The molecule has 0 aliphatic heterocycles. The largest absolute Gasteiger partial charge is 0.472 e. The topological polar surface area (TPSA) is 97.0 Å². The van der Waals surface area contributed by atoms with Crippen molar-refractivity contribution in [3.8, 4) is 0 Å². The van der Waals surface area contributed by atoms with Gasteiger partial charge in [-0.15, -0.1) is 0 Å². The predicted molar refractivity (Wildman–Crippen MR) is 102 cm³/mol. The molecule has 0 saturated heterocycles. The monoisotopic (exact) mass is 392 g/mol. The molecule has 156 valence electrons. The van der Waals surface area contributed by atoms with Crippen LogP contribution in [0.1, 0.15) is 59.4 Å². The van der Waals surface area contributed by atoms with Crippen LogP contribution < -0.4 is 0 Å². The molecule has 0 amide bonds. The minimum absolute atomic E-state index is 0.339. The molecule has 0 bridgehead atoms. The van der Waals surface area contributed by atoms with Crippen molar-refractivity contribution >= 4 is 11.8 Å². The number of esters is 1. The number of ether oxygens (including phenoxy) is 1. The lowest BCUT2D eigenvalue weighted by Gasteiger charge is -2.64. The fourth-order valence-corrected chi connectivity index (χ4v) is 6.05. The van der Waals surface area contributed by atoms with Gasteiger partial charge in [0.25, 0.3) is 0 Å². The molecule has 1 aromatic rings. The van der Waals surface area contributed by atoms with Gasteiger partial charge >= 0.3 is 5.97 Å². The van der Waals surface area contributed by atoms with Gasteiger partial charge in [0.2, 0.25) is 0 Å². The normalized spacial score (nSPS) is 40.0. The second kappa shape index (κ2) is 6.99. The van der Waals surface area contributed by atoms with Crippen molar-refractivity contribution in [1.82, 2.24) is 0 Å². The summed E-state index contributed by atoms with van der Waals surface area (Å²) < 4.78 is 10.7. The van der Waals surface area contributed by atoms with Crippen LogP contribution in [-0.4, -0.2) is 39.8 Å². The summed E-state index contributed by atoms with van der Waals surface area (Å²) in [5.41, 5.74) is -1.66. The van der Waals surface area contributed by atoms with Crippen LogP contribution in [0.15, 0.2) is 23.0 Å². The lowest BCUT2D eigenvalue weighted by atomic mass is 9.42. The third-order valence-corrected chi connectivity index (χ3v) is 7.67. The Hall–Kier alpha value is -1.66. The number of aliphatic hydroxyl groups is 2. The minimum atomic E-state index is -1.27. The fourth-order valence-electron chi connectivity index (χ4n) is 6.05. The minimum Gasteiger partial charge on any atom is -0.472 e. The Morgan fingerprint density at radius 2 is 2.04 bits per heavy atom. The molecular formula is C22H32O6. The number of aliphatic hydroxyl groups excluding tert-OH is 1. The van der Waals surface area contributed by atoms with Gasteiger partial charge in [0, 0.05) is 29.6 Å². The van der Waals surface area contributed by atoms with E-state index >= 15 is 0 Å². The summed E-state index contributed by atoms with van der Waals surface area (Å²) >= 11 is 0. The molecule has 3 rings (SSSR count). The number of aryl methyl sites for hydroxylation is 1. The number of carbonyl (C=O) groups is 2. The molecule has 0 spiro atoms. The van der Waals surface area contributed by atoms with E-state index in [9.17, 15) is 19.8 Å². The van der Waals surface area contributed by atoms with Crippen LogP contribution in [0.25, 0.3) is 0 Å². The Balaban J connectivity index is 2.00. The first-order valence-electron chi connectivity index (χ1n) is 10.1. The van der Waals surface area contributed by atoms with Gasteiger partial charge in [-0.2, -0.15) is 0 Å². The van der Waals surface area contributed by atoms with Crippen molar-refractivity contribution in [2.24, 2.45) is 22.7 Å². The maximum absolute atomic E-state index is 13.0. The maximum Gasteiger partial charge on any atom is 0.302 e. The molecule has 2 fully saturated rings. The number of hydrogen-bond acceptors (Lipinski definition) is 6. The third-order valence-electron chi connectivity index (χ3n) is 7.67. The second-order valence-electron chi connectivity index (χ2n) is 9.48. The molecule has 6 heteroatoms. The Morgan fingerprint density at radius 1 is 1.36 bits per heavy atom. The molecule has 28 heavy (non-hydrogen) atoms. The lowest BCUT2D eigenvalue weighted by molar-refractivity contribution is -0.252. The van der Waals surface area contributed by atoms with E-state index in [2.05, 4.69) is 0 Å². The smallest absolute Gasteiger partial charge is 0.302 e. The Kier molecular flexibility index (Phi) is 5.26. The van der Waals surface area contributed by atoms with Crippen molar-refractivity contribution in [3.63, 3.8) is 0 Å². The van der Waals surface area contributed by atoms with Gasteiger partial charge < -0.3 is 19.4 Å². The van der Waals surface area contributed by atoms with Crippen molar-refractivity contribution in [2.45, 2.75) is 78.1 Å². The van der Waals surface area contributed by atoms with Crippen LogP contribution in [0.4, 0.5) is 0 Å². The first-order chi connectivity index (χ1) is 12.9. The Morgan fingerprint density at radius 3 is 2.61 bits per heavy atom. The van der Waals surface area contributed by atoms with Crippen molar-refractivity contribution in [1.29, 1.82) is 0 Å². The molecule has 0 unspecified atom stereocenters. The number of furan rings is 1. The van der Waals surface area contributed by atoms with Gasteiger partial charge in [0.05, 0.1) is 18.1 Å². The number of hydrogen-bond donors (Lipinski definition) is 2. The molecule has 2 saturated carbocycles. The van der Waals surface area contributed by atoms with Crippen LogP contribution >= 0.6 is 0 Å². The summed E-state index contributed by atoms with van der Waals surface area (Å²) in [5, 5.41) is 22.9. The summed E-state index contributed by atoms with van der Waals surface area (Å²) in [6.45, 7) is 8.91. The quantitative estimate of drug-likeness (QED) is 0.765. The SMILES string of the molecule is CC(=O)O[C@@H]1CC[C@@]2(C)[C@@H]([C@H](O)C(=O)[C@@H](C)[C@]2(O)CCc2ccoc2)C1(C)C. The first-order valence-corrected chi connectivity index (χ1v) is 10.1. The van der Waals surface area contributed by atoms with E-state index in [-0.39, 0.29) is 11.8 Å². The van der Waals surface area contributed by atoms with E-state index in [1.165, 1.54) is 6.92 Å². The maximum atomic E-state index is 13.0. The molecule has 1 aromatic heterocycles. The van der Waals surface area contributed by atoms with Gasteiger partial charge in [0.15, 0.2) is 5.78 Å². The van der Waals surface area contributed by atoms with Gasteiger partial charge in [-0.25, -0.2) is 0 Å². The fraction of sp³-hybridized carbons (Fsp3) is 0.727. The van der Waals surface area contributed by atoms with Crippen LogP contribution in [0.2, 0.25) is 0 Å². The van der Waals surface area contributed by atoms with Crippen molar-refractivity contribution < 1.29 is 29.0 Å². The summed E-state index contributed by atoms with van der Waals surface area (Å²) in [7, 11) is 0. The summed E-state index contributed by atoms with van der Waals surface area (Å²) in [4.78, 5) is 24.6. The highest BCUT2D eigenvalue weighted by atomic mass is 16.5. The Bertz CT molecular complexity index is 738. The van der Waals surface area contributed by atoms with Crippen LogP contribution in [0, 0.1) is 22.7 Å². The van der Waals surface area contributed by atoms with E-state index in [0.29, 0.717) is 25.7 Å². The molecule has 0 aromatic carbocycles. The third kappa shape index (κ3) is 3.01. The average molecular weight is 392 g/mol. The zero-order valence-electron chi connectivity index (χ0n) is 17.4. The zero-order chi connectivity index (χ0) is 20.9. The van der Waals surface area contributed by atoms with Gasteiger partial charge in [-0.3, -0.25) is 9.59 Å². The number of fused-ring (bicyclic) bond motifs is 1. The van der Waals surface area contributed by atoms with Gasteiger partial charge in [-0.1, -0.05) is 27.7 Å². The van der Waals surface area contributed by atoms with Gasteiger partial charge in [0.1, 0.15) is 12.2 Å². The molecule has 6 nitrogen and oxygen atoms in total. The highest BCUT2D eigenvalue weighted by molar-refractivity contribution is 5.88. The Labute approximate surface area is 166 Å². The number of ketones is 1. The lowest BCUT2D eigenvalue weighted by Crippen LogP contribution is -2.71. The summed E-state index contributed by atoms with van der Waals surface area (Å²) in [5.74, 6) is -1.91. The molecular weight excluding hydrogens is 360 g/mol. The molecule has 0 radical (unpaired) electrons. The van der Waals surface area contributed by atoms with Crippen LogP contribution in [-0.2, 0) is 20.7 Å². The molecule has 1 heterocycles. The summed E-state index contributed by atoms with van der Waals surface area (Å²) in [6.07, 6.45) is 3.77. The van der Waals surface area contributed by atoms with Crippen LogP contribution in [0.3, 0.4) is 0 Å². The van der Waals surface area contributed by atoms with Crippen LogP contribution in [0.5, 0.6) is 0 Å². The van der Waals surface area contributed by atoms with E-state index in [0.717, 1.165) is 5.56 Å². The molecule has 2 N–H and O–H groups in total. The summed E-state index contributed by atoms with van der Waals surface area (Å²) in [6, 6.07) is 1.86. The van der Waals surface area contributed by atoms with E-state index < -0.39 is 40.5 Å². The highest BCUT2D eigenvalue weighted by Crippen LogP contribution is 2.63. The van der Waals surface area contributed by atoms with Crippen molar-refractivity contribution in [3.05, 3.63) is 24.2 Å². The van der Waals surface area contributed by atoms with E-state index in [1.807, 2.05) is 26.8 Å². The van der Waals surface area contributed by atoms with Gasteiger partial charge in [-0.05, 0) is 37.3 Å². The van der Waals surface area contributed by atoms with E-state index in [1.54, 1.807) is 19.5 Å². The zero-order valence-corrected chi connectivity index (χ0v) is 17.4. The number of Topliss-reactive ketones (excluding diaryl/α,β-unsaturated/α-hetero) is 1. The molecule has 6 atom stereocenters.